The topological polar surface area (TPSA) is 118 Å². The van der Waals surface area contributed by atoms with Gasteiger partial charge in [-0.3, -0.25) is 19.2 Å². The van der Waals surface area contributed by atoms with Crippen molar-refractivity contribution in [1.82, 2.24) is 17.2 Å². The van der Waals surface area contributed by atoms with Crippen molar-refractivity contribution < 1.29 is 38.1 Å². The summed E-state index contributed by atoms with van der Waals surface area (Å²) in [4.78, 5) is 57.1. The van der Waals surface area contributed by atoms with Crippen molar-refractivity contribution in [1.29, 1.82) is 0 Å². The Kier molecular flexibility index (Phi) is 23.4. The van der Waals surface area contributed by atoms with Gasteiger partial charge < -0.3 is 18.9 Å². The Labute approximate surface area is 544 Å². The maximum atomic E-state index is 14.3. The molecule has 9 rings (SSSR count). The Morgan fingerprint density at radius 1 is 0.295 bits per heavy atom. The number of piperidine rings is 4. The second-order valence-corrected chi connectivity index (χ2v) is 33.8. The van der Waals surface area contributed by atoms with E-state index in [0.29, 0.717) is 48.7 Å². The quantitative estimate of drug-likeness (QED) is 0.0871. The molecule has 88 heavy (non-hydrogen) atoms. The molecular formula is C72H100N4O8S4. The lowest BCUT2D eigenvalue weighted by Crippen LogP contribution is -2.26. The van der Waals surface area contributed by atoms with Crippen molar-refractivity contribution in [2.24, 2.45) is 0 Å². The van der Waals surface area contributed by atoms with E-state index in [1.807, 2.05) is 0 Å². The third-order valence-electron chi connectivity index (χ3n) is 17.5. The maximum Gasteiger partial charge on any atom is 0.241 e. The molecule has 4 aromatic carbocycles. The second-order valence-electron chi connectivity index (χ2n) is 29.2. The van der Waals surface area contributed by atoms with Crippen molar-refractivity contribution in [3.8, 4) is 23.0 Å². The van der Waals surface area contributed by atoms with Gasteiger partial charge in [0.2, 0.25) is 20.5 Å². The molecule has 0 aromatic heterocycles. The minimum absolute atomic E-state index is 0.0575. The van der Waals surface area contributed by atoms with E-state index in [2.05, 4.69) is 149 Å². The number of benzene rings is 4. The van der Waals surface area contributed by atoms with Gasteiger partial charge in [-0.2, -0.15) is 0 Å². The summed E-state index contributed by atoms with van der Waals surface area (Å²) in [6.07, 6.45) is 14.6. The van der Waals surface area contributed by atoms with E-state index in [0.717, 1.165) is 196 Å². The average Bonchev–Trinajstić information content (AvgIpc) is 1.07. The number of fused-ring (bicyclic) bond motifs is 8. The predicted octanol–water partition coefficient (Wildman–Crippen LogP) is 15.7. The zero-order valence-corrected chi connectivity index (χ0v) is 58.4. The zero-order valence-electron chi connectivity index (χ0n) is 55.1. The summed E-state index contributed by atoms with van der Waals surface area (Å²) in [5, 5.41) is -0.230. The summed E-state index contributed by atoms with van der Waals surface area (Å²) >= 11 is 5.09. The van der Waals surface area contributed by atoms with Crippen LogP contribution in [0, 0.1) is 0 Å². The first-order valence-corrected chi connectivity index (χ1v) is 35.8. The second kappa shape index (κ2) is 30.2. The molecular weight excluding hydrogens is 1180 g/mol. The van der Waals surface area contributed by atoms with Crippen LogP contribution in [0.5, 0.6) is 23.0 Å². The van der Waals surface area contributed by atoms with Crippen LogP contribution in [-0.2, 0) is 66.5 Å². The number of hydrogen-bond acceptors (Lipinski definition) is 16. The third-order valence-corrected chi connectivity index (χ3v) is 21.3. The molecule has 4 saturated heterocycles. The number of rotatable bonds is 16. The number of ether oxygens (including phenoxy) is 4. The van der Waals surface area contributed by atoms with E-state index in [1.54, 1.807) is 0 Å². The van der Waals surface area contributed by atoms with Crippen molar-refractivity contribution >= 4 is 68.3 Å². The van der Waals surface area contributed by atoms with E-state index < -0.39 is 0 Å². The van der Waals surface area contributed by atoms with Crippen molar-refractivity contribution in [3.63, 3.8) is 0 Å². The number of carbonyl (C=O) groups excluding carboxylic acids is 4. The Hall–Kier alpha value is -4.00. The summed E-state index contributed by atoms with van der Waals surface area (Å²) in [6.45, 7) is 33.1. The van der Waals surface area contributed by atoms with Gasteiger partial charge in [0.25, 0.3) is 0 Å². The maximum absolute atomic E-state index is 14.3. The molecule has 0 N–H and O–H groups in total. The fourth-order valence-corrected chi connectivity index (χ4v) is 15.8. The van der Waals surface area contributed by atoms with Crippen LogP contribution in [0.3, 0.4) is 0 Å². The molecule has 0 spiro atoms. The van der Waals surface area contributed by atoms with Crippen LogP contribution in [0.15, 0.2) is 48.5 Å². The van der Waals surface area contributed by atoms with E-state index in [9.17, 15) is 19.2 Å². The van der Waals surface area contributed by atoms with Crippen LogP contribution in [0.25, 0.3) is 0 Å². The Balaban J connectivity index is 1.30. The van der Waals surface area contributed by atoms with Gasteiger partial charge in [0, 0.05) is 126 Å². The van der Waals surface area contributed by atoms with Gasteiger partial charge in [0.15, 0.2) is 26.4 Å². The highest BCUT2D eigenvalue weighted by Crippen LogP contribution is 2.45. The summed E-state index contributed by atoms with van der Waals surface area (Å²) in [6, 6.07) is 18.0. The normalized spacial score (nSPS) is 18.0. The summed E-state index contributed by atoms with van der Waals surface area (Å²) < 4.78 is 37.1. The highest BCUT2D eigenvalue weighted by Gasteiger charge is 2.32. The van der Waals surface area contributed by atoms with Gasteiger partial charge in [-0.15, -0.1) is 0 Å². The Morgan fingerprint density at radius 2 is 0.455 bits per heavy atom. The Morgan fingerprint density at radius 3 is 0.602 bits per heavy atom. The Bertz CT molecular complexity index is 2610. The molecule has 0 atom stereocenters. The van der Waals surface area contributed by atoms with Crippen LogP contribution < -0.4 is 18.9 Å². The molecule has 0 saturated carbocycles. The van der Waals surface area contributed by atoms with Crippen LogP contribution in [0.2, 0.25) is 0 Å². The number of carbonyl (C=O) groups is 4. The SMILES string of the molecule is CC(C)(C)c1cc2c(OCC(=O)SN3CCCCC3)c(c1)Cc1cc(C(C)(C)C)cc(c1OCC(=O)SN1CCCCC1)Cc1cc(C(C)(C)C)cc(c1OCC(=O)SN1CCCCC1)Cc1cc(C(C)(C)C)cc(c1OCC(=O)SN1CCCCC1)C2. The molecule has 0 radical (unpaired) electrons. The fourth-order valence-electron chi connectivity index (χ4n) is 12.4. The highest BCUT2D eigenvalue weighted by atomic mass is 32.2. The van der Waals surface area contributed by atoms with Crippen molar-refractivity contribution in [2.45, 2.75) is 207 Å². The molecule has 8 bridgehead atoms. The molecule has 0 amide bonds. The summed E-state index contributed by atoms with van der Waals surface area (Å²) in [5.41, 5.74) is 10.3. The minimum Gasteiger partial charge on any atom is -0.484 e. The molecule has 4 heterocycles. The minimum atomic E-state index is -0.313. The van der Waals surface area contributed by atoms with Gasteiger partial charge in [-0.25, -0.2) is 17.2 Å². The van der Waals surface area contributed by atoms with Gasteiger partial charge in [-0.1, -0.05) is 157 Å². The number of hydrogen-bond donors (Lipinski definition) is 0. The largest absolute Gasteiger partial charge is 0.484 e. The van der Waals surface area contributed by atoms with E-state index >= 15 is 0 Å². The smallest absolute Gasteiger partial charge is 0.241 e. The lowest BCUT2D eigenvalue weighted by atomic mass is 9.79. The van der Waals surface area contributed by atoms with Gasteiger partial charge in [0.1, 0.15) is 23.0 Å². The first-order valence-electron chi connectivity index (χ1n) is 32.7. The first kappa shape index (κ1) is 68.4. The lowest BCUT2D eigenvalue weighted by Gasteiger charge is -2.29. The molecule has 480 valence electrons. The molecule has 4 aromatic rings. The molecule has 0 unspecified atom stereocenters. The number of nitrogens with zero attached hydrogens (tertiary/aromatic N) is 4. The molecule has 1 aliphatic carbocycles. The summed E-state index contributed by atoms with van der Waals surface area (Å²) in [5.74, 6) is 2.52. The van der Waals surface area contributed by atoms with Crippen molar-refractivity contribution in [3.05, 3.63) is 115 Å². The fraction of sp³-hybridized carbons (Fsp3) is 0.611. The summed E-state index contributed by atoms with van der Waals surface area (Å²) in [7, 11) is 0. The van der Waals surface area contributed by atoms with Gasteiger partial charge >= 0.3 is 0 Å². The standard InChI is InChI=1S/C72H100N4O8S4/c1-69(2,3)57-37-49-33-51-39-58(70(4,5)6)41-53(66(51)82-46-62(78)86-74-27-19-14-20-28-74)35-55-43-60(72(10,11)12)44-56(68(55)84-48-64(80)88-76-31-23-16-24-32-76)36-54-42-59(71(7,8)9)40-52(67(54)83-47-63(79)87-75-29-21-15-22-30-75)34-50(38-57)65(49)81-45-61(77)85-73-25-17-13-18-26-73/h37-44H,13-36,45-48H2,1-12H3. The molecule has 5 aliphatic rings. The first-order chi connectivity index (χ1) is 41.7. The lowest BCUT2D eigenvalue weighted by molar-refractivity contribution is -0.113. The van der Waals surface area contributed by atoms with Gasteiger partial charge in [-0.05, 0) is 140 Å². The third kappa shape index (κ3) is 19.1. The molecule has 4 aliphatic heterocycles. The zero-order chi connectivity index (χ0) is 63.0. The molecule has 12 nitrogen and oxygen atoms in total. The monoisotopic (exact) mass is 1280 g/mol. The highest BCUT2D eigenvalue weighted by molar-refractivity contribution is 8.12. The van der Waals surface area contributed by atoms with Crippen molar-refractivity contribution in [2.75, 3.05) is 78.8 Å². The van der Waals surface area contributed by atoms with Crippen LogP contribution in [-0.4, -0.2) is 116 Å². The molecule has 16 heteroatoms. The van der Waals surface area contributed by atoms with Crippen LogP contribution >= 0.6 is 47.8 Å². The van der Waals surface area contributed by atoms with E-state index in [4.69, 9.17) is 18.9 Å². The van der Waals surface area contributed by atoms with E-state index in [1.165, 1.54) is 47.8 Å². The van der Waals surface area contributed by atoms with E-state index in [-0.39, 0.29) is 68.5 Å². The molecule has 4 fully saturated rings. The average molecular weight is 1280 g/mol. The predicted molar refractivity (Wildman–Crippen MR) is 366 cm³/mol. The van der Waals surface area contributed by atoms with Crippen LogP contribution in [0.1, 0.15) is 227 Å². The van der Waals surface area contributed by atoms with Crippen LogP contribution in [0.4, 0.5) is 0 Å². The van der Waals surface area contributed by atoms with Gasteiger partial charge in [0.05, 0.1) is 0 Å².